The van der Waals surface area contributed by atoms with Gasteiger partial charge in [0.15, 0.2) is 11.2 Å². The van der Waals surface area contributed by atoms with Crippen LogP contribution in [0.5, 0.6) is 11.6 Å². The van der Waals surface area contributed by atoms with Gasteiger partial charge in [0, 0.05) is 24.4 Å². The summed E-state index contributed by atoms with van der Waals surface area (Å²) in [6, 6.07) is 22.4. The van der Waals surface area contributed by atoms with E-state index in [1.165, 1.54) is 13.2 Å². The minimum absolute atomic E-state index is 0.0461. The lowest BCUT2D eigenvalue weighted by molar-refractivity contribution is -0.152. The van der Waals surface area contributed by atoms with Gasteiger partial charge in [0.05, 0.1) is 30.4 Å². The van der Waals surface area contributed by atoms with Crippen molar-refractivity contribution in [2.45, 2.75) is 36.1 Å². The van der Waals surface area contributed by atoms with E-state index in [0.717, 1.165) is 31.5 Å². The summed E-state index contributed by atoms with van der Waals surface area (Å²) < 4.78 is 12.4. The molecule has 3 heterocycles. The predicted molar refractivity (Wildman–Crippen MR) is 137 cm³/mol. The SMILES string of the molecule is COc1nc(C#N)cc2c1C1(O)C(O)C(CN3CCCC3)C(c3ccccc3)C1(c1ccc(C#N)cc1)O2. The molecule has 1 saturated carbocycles. The van der Waals surface area contributed by atoms with E-state index in [0.29, 0.717) is 17.7 Å². The van der Waals surface area contributed by atoms with E-state index in [1.54, 1.807) is 24.3 Å². The van der Waals surface area contributed by atoms with E-state index in [4.69, 9.17) is 9.47 Å². The zero-order valence-corrected chi connectivity index (χ0v) is 21.0. The van der Waals surface area contributed by atoms with Crippen LogP contribution in [0.1, 0.15) is 46.7 Å². The molecule has 5 atom stereocenters. The summed E-state index contributed by atoms with van der Waals surface area (Å²) in [5, 5.41) is 44.1. The fourth-order valence-corrected chi connectivity index (χ4v) is 6.90. The van der Waals surface area contributed by atoms with Crippen LogP contribution in [0.25, 0.3) is 0 Å². The molecule has 5 unspecified atom stereocenters. The van der Waals surface area contributed by atoms with Crippen LogP contribution < -0.4 is 9.47 Å². The Morgan fingerprint density at radius 2 is 1.79 bits per heavy atom. The molecule has 6 rings (SSSR count). The average molecular weight is 509 g/mol. The van der Waals surface area contributed by atoms with Crippen molar-refractivity contribution in [3.05, 3.63) is 88.6 Å². The normalized spacial score (nSPS) is 29.7. The van der Waals surface area contributed by atoms with Gasteiger partial charge < -0.3 is 24.6 Å². The minimum Gasteiger partial charge on any atom is -0.481 e. The number of aliphatic hydroxyl groups excluding tert-OH is 1. The van der Waals surface area contributed by atoms with E-state index in [2.05, 4.69) is 16.0 Å². The van der Waals surface area contributed by atoms with Gasteiger partial charge in [-0.15, -0.1) is 0 Å². The van der Waals surface area contributed by atoms with Crippen LogP contribution >= 0.6 is 0 Å². The third-order valence-corrected chi connectivity index (χ3v) is 8.45. The molecule has 8 heteroatoms. The summed E-state index contributed by atoms with van der Waals surface area (Å²) >= 11 is 0. The van der Waals surface area contributed by atoms with Crippen LogP contribution in [0.15, 0.2) is 60.7 Å². The summed E-state index contributed by atoms with van der Waals surface area (Å²) in [5.41, 5.74) is -1.10. The van der Waals surface area contributed by atoms with Crippen LogP contribution in [0.2, 0.25) is 0 Å². The number of aliphatic hydroxyl groups is 2. The van der Waals surface area contributed by atoms with Gasteiger partial charge in [0.1, 0.15) is 17.5 Å². The molecule has 1 aromatic heterocycles. The first-order valence-corrected chi connectivity index (χ1v) is 12.8. The fraction of sp³-hybridized carbons (Fsp3) is 0.367. The first kappa shape index (κ1) is 24.4. The number of likely N-dealkylation sites (tertiary alicyclic amines) is 1. The maximum absolute atomic E-state index is 12.9. The monoisotopic (exact) mass is 508 g/mol. The Bertz CT molecular complexity index is 1440. The molecule has 1 aliphatic carbocycles. The Kier molecular flexibility index (Phi) is 5.85. The van der Waals surface area contributed by atoms with Crippen LogP contribution in [-0.2, 0) is 11.2 Å². The van der Waals surface area contributed by atoms with Crippen molar-refractivity contribution in [3.8, 4) is 23.8 Å². The van der Waals surface area contributed by atoms with Crippen molar-refractivity contribution in [2.75, 3.05) is 26.7 Å². The largest absolute Gasteiger partial charge is 0.481 e. The molecule has 2 aliphatic heterocycles. The topological polar surface area (TPSA) is 123 Å². The van der Waals surface area contributed by atoms with E-state index in [1.807, 2.05) is 36.4 Å². The van der Waals surface area contributed by atoms with Gasteiger partial charge in [-0.3, -0.25) is 0 Å². The van der Waals surface area contributed by atoms with Gasteiger partial charge in [0.25, 0.3) is 0 Å². The van der Waals surface area contributed by atoms with Crippen LogP contribution in [0.4, 0.5) is 0 Å². The molecule has 0 amide bonds. The zero-order valence-electron chi connectivity index (χ0n) is 21.0. The lowest BCUT2D eigenvalue weighted by Crippen LogP contribution is -2.52. The fourth-order valence-electron chi connectivity index (χ4n) is 6.90. The quantitative estimate of drug-likeness (QED) is 0.539. The molecule has 0 bridgehead atoms. The highest BCUT2D eigenvalue weighted by molar-refractivity contribution is 5.60. The van der Waals surface area contributed by atoms with Crippen molar-refractivity contribution < 1.29 is 19.7 Å². The number of aromatic nitrogens is 1. The molecular formula is C30H28N4O4. The molecule has 3 aliphatic rings. The minimum atomic E-state index is -1.95. The summed E-state index contributed by atoms with van der Waals surface area (Å²) in [4.78, 5) is 6.64. The molecular weight excluding hydrogens is 480 g/mol. The van der Waals surface area contributed by atoms with Crippen molar-refractivity contribution >= 4 is 0 Å². The number of pyridine rings is 1. The van der Waals surface area contributed by atoms with E-state index < -0.39 is 29.1 Å². The highest BCUT2D eigenvalue weighted by Gasteiger charge is 2.77. The van der Waals surface area contributed by atoms with Gasteiger partial charge in [-0.05, 0) is 49.2 Å². The number of methoxy groups -OCH3 is 1. The van der Waals surface area contributed by atoms with Gasteiger partial charge in [-0.1, -0.05) is 42.5 Å². The number of ether oxygens (including phenoxy) is 2. The van der Waals surface area contributed by atoms with Gasteiger partial charge >= 0.3 is 0 Å². The predicted octanol–water partition coefficient (Wildman–Crippen LogP) is 3.18. The molecule has 2 aromatic carbocycles. The van der Waals surface area contributed by atoms with Gasteiger partial charge in [0.2, 0.25) is 5.88 Å². The number of hydrogen-bond acceptors (Lipinski definition) is 8. The van der Waals surface area contributed by atoms with Crippen molar-refractivity contribution in [3.63, 3.8) is 0 Å². The van der Waals surface area contributed by atoms with E-state index >= 15 is 0 Å². The zero-order chi connectivity index (χ0) is 26.5. The first-order chi connectivity index (χ1) is 18.5. The smallest absolute Gasteiger partial charge is 0.224 e. The number of nitriles is 2. The van der Waals surface area contributed by atoms with Gasteiger partial charge in [-0.2, -0.15) is 10.5 Å². The summed E-state index contributed by atoms with van der Waals surface area (Å²) in [7, 11) is 1.42. The van der Waals surface area contributed by atoms with Crippen LogP contribution in [0.3, 0.4) is 0 Å². The summed E-state index contributed by atoms with van der Waals surface area (Å²) in [5.74, 6) is -0.575. The second-order valence-electron chi connectivity index (χ2n) is 10.3. The summed E-state index contributed by atoms with van der Waals surface area (Å²) in [6.45, 7) is 2.44. The van der Waals surface area contributed by atoms with E-state index in [-0.39, 0.29) is 22.9 Å². The van der Waals surface area contributed by atoms with Gasteiger partial charge in [-0.25, -0.2) is 4.98 Å². The maximum atomic E-state index is 12.9. The first-order valence-electron chi connectivity index (χ1n) is 12.8. The van der Waals surface area contributed by atoms with Crippen LogP contribution in [0, 0.1) is 28.6 Å². The standard InChI is InChI=1S/C30H28N4O4/c1-37-28-26-24(15-22(17-32)33-28)38-30(21-11-9-19(16-31)10-12-21)25(20-7-3-2-4-8-20)23(27(35)29(26,30)36)18-34-13-5-6-14-34/h2-4,7-12,15,23,25,27,35-36H,5-6,13-14,18H2,1H3. The third kappa shape index (κ3) is 3.28. The number of benzene rings is 2. The summed E-state index contributed by atoms with van der Waals surface area (Å²) in [6.07, 6.45) is 0.948. The molecule has 0 spiro atoms. The molecule has 8 nitrogen and oxygen atoms in total. The molecule has 192 valence electrons. The maximum Gasteiger partial charge on any atom is 0.224 e. The molecule has 38 heavy (non-hydrogen) atoms. The highest BCUT2D eigenvalue weighted by Crippen LogP contribution is 2.69. The molecule has 0 radical (unpaired) electrons. The lowest BCUT2D eigenvalue weighted by atomic mass is 9.70. The molecule has 2 N–H and O–H groups in total. The lowest BCUT2D eigenvalue weighted by Gasteiger charge is -2.41. The third-order valence-electron chi connectivity index (χ3n) is 8.45. The molecule has 3 aromatic rings. The number of rotatable bonds is 5. The van der Waals surface area contributed by atoms with Crippen molar-refractivity contribution in [1.29, 1.82) is 10.5 Å². The molecule has 2 fully saturated rings. The number of fused-ring (bicyclic) bond motifs is 3. The number of hydrogen-bond donors (Lipinski definition) is 2. The Hall–Kier alpha value is -3.95. The second-order valence-corrected chi connectivity index (χ2v) is 10.3. The van der Waals surface area contributed by atoms with Crippen molar-refractivity contribution in [1.82, 2.24) is 9.88 Å². The van der Waals surface area contributed by atoms with E-state index in [9.17, 15) is 20.7 Å². The second kappa shape index (κ2) is 9.11. The molecule has 1 saturated heterocycles. The average Bonchev–Trinajstić information content (AvgIpc) is 3.61. The Labute approximate surface area is 221 Å². The highest BCUT2D eigenvalue weighted by atomic mass is 16.5. The Morgan fingerprint density at radius 1 is 1.08 bits per heavy atom. The van der Waals surface area contributed by atoms with Crippen LogP contribution in [-0.4, -0.2) is 52.9 Å². The Balaban J connectivity index is 1.65. The number of nitrogens with zero attached hydrogens (tertiary/aromatic N) is 4. The Morgan fingerprint density at radius 3 is 2.42 bits per heavy atom. The van der Waals surface area contributed by atoms with Crippen molar-refractivity contribution in [2.24, 2.45) is 5.92 Å².